The predicted molar refractivity (Wildman–Crippen MR) is 83.6 cm³/mol. The minimum atomic E-state index is -0.414. The molecule has 1 aliphatic carbocycles. The Bertz CT molecular complexity index is 657. The number of nitrogens with two attached hydrogens (primary N) is 1. The Morgan fingerprint density at radius 2 is 2.00 bits per heavy atom. The third-order valence-electron chi connectivity index (χ3n) is 4.16. The highest BCUT2D eigenvalue weighted by Gasteiger charge is 2.18. The summed E-state index contributed by atoms with van der Waals surface area (Å²) in [5, 5.41) is 0.140. The van der Waals surface area contributed by atoms with Gasteiger partial charge in [0.1, 0.15) is 5.82 Å². The smallest absolute Gasteiger partial charge is 0.142 e. The third kappa shape index (κ3) is 2.95. The third-order valence-corrected chi connectivity index (χ3v) is 4.56. The second-order valence-electron chi connectivity index (χ2n) is 5.52. The van der Waals surface area contributed by atoms with Crippen LogP contribution in [0.4, 0.5) is 4.39 Å². The van der Waals surface area contributed by atoms with Crippen LogP contribution in [0.15, 0.2) is 36.4 Å². The first-order valence-corrected chi connectivity index (χ1v) is 7.57. The monoisotopic (exact) mass is 304 g/mol. The van der Waals surface area contributed by atoms with E-state index in [1.54, 1.807) is 6.07 Å². The first-order chi connectivity index (χ1) is 10.2. The van der Waals surface area contributed by atoms with Crippen LogP contribution in [0, 0.1) is 5.82 Å². The fourth-order valence-electron chi connectivity index (χ4n) is 3.04. The molecule has 110 valence electrons. The number of fused-ring (bicyclic) bond motifs is 1. The Morgan fingerprint density at radius 1 is 1.19 bits per heavy atom. The van der Waals surface area contributed by atoms with Crippen LogP contribution >= 0.6 is 11.6 Å². The summed E-state index contributed by atoms with van der Waals surface area (Å²) in [7, 11) is 0. The molecule has 0 saturated heterocycles. The van der Waals surface area contributed by atoms with E-state index >= 15 is 0 Å². The number of halogens is 2. The van der Waals surface area contributed by atoms with Crippen molar-refractivity contribution in [3.8, 4) is 0 Å². The normalized spacial score (nSPS) is 15.0. The SMILES string of the molecule is NNC(Cc1ccc2c(c1)CCC2)c1cccc(F)c1Cl. The summed E-state index contributed by atoms with van der Waals surface area (Å²) in [6, 6.07) is 11.2. The zero-order chi connectivity index (χ0) is 14.8. The van der Waals surface area contributed by atoms with Gasteiger partial charge < -0.3 is 0 Å². The number of hydrogen-bond donors (Lipinski definition) is 2. The molecule has 0 spiro atoms. The van der Waals surface area contributed by atoms with E-state index in [1.807, 2.05) is 6.07 Å². The van der Waals surface area contributed by atoms with Gasteiger partial charge >= 0.3 is 0 Å². The molecular weight excluding hydrogens is 287 g/mol. The molecule has 4 heteroatoms. The summed E-state index contributed by atoms with van der Waals surface area (Å²) in [6.45, 7) is 0. The number of benzene rings is 2. The minimum Gasteiger partial charge on any atom is -0.271 e. The Kier molecular flexibility index (Phi) is 4.24. The van der Waals surface area contributed by atoms with Crippen LogP contribution in [0.25, 0.3) is 0 Å². The van der Waals surface area contributed by atoms with Crippen LogP contribution in [0.5, 0.6) is 0 Å². The first-order valence-electron chi connectivity index (χ1n) is 7.19. The number of aryl methyl sites for hydroxylation is 2. The van der Waals surface area contributed by atoms with Crippen molar-refractivity contribution in [3.05, 3.63) is 69.5 Å². The van der Waals surface area contributed by atoms with Gasteiger partial charge in [-0.05, 0) is 54.0 Å². The van der Waals surface area contributed by atoms with E-state index in [-0.39, 0.29) is 11.1 Å². The van der Waals surface area contributed by atoms with E-state index in [2.05, 4.69) is 23.6 Å². The van der Waals surface area contributed by atoms with Gasteiger partial charge in [0.25, 0.3) is 0 Å². The Labute approximate surface area is 129 Å². The Hall–Kier alpha value is -1.42. The fourth-order valence-corrected chi connectivity index (χ4v) is 3.29. The van der Waals surface area contributed by atoms with Crippen molar-refractivity contribution in [2.24, 2.45) is 5.84 Å². The molecular formula is C17H18ClFN2. The Morgan fingerprint density at radius 3 is 2.81 bits per heavy atom. The van der Waals surface area contributed by atoms with Gasteiger partial charge in [0.2, 0.25) is 0 Å². The van der Waals surface area contributed by atoms with Crippen molar-refractivity contribution >= 4 is 11.6 Å². The van der Waals surface area contributed by atoms with Crippen LogP contribution in [-0.2, 0) is 19.3 Å². The van der Waals surface area contributed by atoms with Gasteiger partial charge in [0.15, 0.2) is 0 Å². The Balaban J connectivity index is 1.86. The summed E-state index contributed by atoms with van der Waals surface area (Å²) in [5.74, 6) is 5.24. The van der Waals surface area contributed by atoms with Crippen molar-refractivity contribution in [1.82, 2.24) is 5.43 Å². The molecule has 0 aliphatic heterocycles. The van der Waals surface area contributed by atoms with E-state index in [0.29, 0.717) is 12.0 Å². The van der Waals surface area contributed by atoms with E-state index in [0.717, 1.165) is 6.42 Å². The second kappa shape index (κ2) is 6.14. The molecule has 3 N–H and O–H groups in total. The van der Waals surface area contributed by atoms with Crippen molar-refractivity contribution in [3.63, 3.8) is 0 Å². The maximum absolute atomic E-state index is 13.6. The van der Waals surface area contributed by atoms with Gasteiger partial charge in [-0.15, -0.1) is 0 Å². The molecule has 0 radical (unpaired) electrons. The lowest BCUT2D eigenvalue weighted by Gasteiger charge is -2.18. The summed E-state index contributed by atoms with van der Waals surface area (Å²) in [5.41, 5.74) is 7.51. The number of hydrazine groups is 1. The molecule has 0 aromatic heterocycles. The van der Waals surface area contributed by atoms with Crippen molar-refractivity contribution in [1.29, 1.82) is 0 Å². The molecule has 1 atom stereocenters. The molecule has 1 aliphatic rings. The molecule has 1 unspecified atom stereocenters. The van der Waals surface area contributed by atoms with Gasteiger partial charge in [-0.3, -0.25) is 11.3 Å². The van der Waals surface area contributed by atoms with Gasteiger partial charge in [0, 0.05) is 0 Å². The molecule has 0 bridgehead atoms. The van der Waals surface area contributed by atoms with Gasteiger partial charge in [0.05, 0.1) is 11.1 Å². The van der Waals surface area contributed by atoms with Gasteiger partial charge in [-0.2, -0.15) is 0 Å². The average molecular weight is 305 g/mol. The fraction of sp³-hybridized carbons (Fsp3) is 0.294. The summed E-state index contributed by atoms with van der Waals surface area (Å²) >= 11 is 6.06. The molecule has 0 saturated carbocycles. The van der Waals surface area contributed by atoms with E-state index in [4.69, 9.17) is 17.4 Å². The lowest BCUT2D eigenvalue weighted by Crippen LogP contribution is -2.30. The first kappa shape index (κ1) is 14.5. The van der Waals surface area contributed by atoms with E-state index in [9.17, 15) is 4.39 Å². The maximum atomic E-state index is 13.6. The molecule has 21 heavy (non-hydrogen) atoms. The minimum absolute atomic E-state index is 0.140. The van der Waals surface area contributed by atoms with Crippen LogP contribution < -0.4 is 11.3 Å². The van der Waals surface area contributed by atoms with Crippen molar-refractivity contribution < 1.29 is 4.39 Å². The molecule has 2 aromatic rings. The molecule has 3 rings (SSSR count). The molecule has 2 nitrogen and oxygen atoms in total. The zero-order valence-electron chi connectivity index (χ0n) is 11.7. The van der Waals surface area contributed by atoms with E-state index in [1.165, 1.54) is 35.6 Å². The largest absolute Gasteiger partial charge is 0.271 e. The number of rotatable bonds is 4. The van der Waals surface area contributed by atoms with Crippen LogP contribution in [0.1, 0.15) is 34.7 Å². The summed E-state index contributed by atoms with van der Waals surface area (Å²) in [4.78, 5) is 0. The van der Waals surface area contributed by atoms with Crippen LogP contribution in [-0.4, -0.2) is 0 Å². The quantitative estimate of drug-likeness (QED) is 0.667. The van der Waals surface area contributed by atoms with E-state index < -0.39 is 5.82 Å². The maximum Gasteiger partial charge on any atom is 0.142 e. The van der Waals surface area contributed by atoms with Crippen LogP contribution in [0.2, 0.25) is 5.02 Å². The van der Waals surface area contributed by atoms with Gasteiger partial charge in [-0.25, -0.2) is 4.39 Å². The average Bonchev–Trinajstić information content (AvgIpc) is 2.95. The number of nitrogens with one attached hydrogen (secondary N) is 1. The molecule has 2 aromatic carbocycles. The van der Waals surface area contributed by atoms with Gasteiger partial charge in [-0.1, -0.05) is 41.9 Å². The lowest BCUT2D eigenvalue weighted by molar-refractivity contribution is 0.544. The highest BCUT2D eigenvalue weighted by Crippen LogP contribution is 2.29. The molecule has 0 amide bonds. The van der Waals surface area contributed by atoms with Crippen LogP contribution in [0.3, 0.4) is 0 Å². The summed E-state index contributed by atoms with van der Waals surface area (Å²) < 4.78 is 13.6. The van der Waals surface area contributed by atoms with Crippen molar-refractivity contribution in [2.45, 2.75) is 31.7 Å². The zero-order valence-corrected chi connectivity index (χ0v) is 12.5. The summed E-state index contributed by atoms with van der Waals surface area (Å²) in [6.07, 6.45) is 4.23. The topological polar surface area (TPSA) is 38.0 Å². The molecule has 0 heterocycles. The standard InChI is InChI=1S/C17H18ClFN2/c18-17-14(5-2-6-15(17)19)16(21-20)10-11-7-8-12-3-1-4-13(12)9-11/h2,5-9,16,21H,1,3-4,10,20H2. The predicted octanol–water partition coefficient (Wildman–Crippen LogP) is 3.71. The lowest BCUT2D eigenvalue weighted by atomic mass is 9.97. The highest BCUT2D eigenvalue weighted by atomic mass is 35.5. The van der Waals surface area contributed by atoms with Crippen molar-refractivity contribution in [2.75, 3.05) is 0 Å². The second-order valence-corrected chi connectivity index (χ2v) is 5.90. The highest BCUT2D eigenvalue weighted by molar-refractivity contribution is 6.31. The number of hydrogen-bond acceptors (Lipinski definition) is 2. The molecule has 0 fully saturated rings.